The first kappa shape index (κ1) is 26.4. The Morgan fingerprint density at radius 1 is 1.00 bits per heavy atom. The molecule has 0 aliphatic heterocycles. The van der Waals surface area contributed by atoms with Gasteiger partial charge in [-0.2, -0.15) is 9.78 Å². The second-order valence-electron chi connectivity index (χ2n) is 11.0. The van der Waals surface area contributed by atoms with Crippen LogP contribution in [0.15, 0.2) is 66.9 Å². The second kappa shape index (κ2) is 9.80. The van der Waals surface area contributed by atoms with Gasteiger partial charge in [-0.05, 0) is 48.7 Å². The van der Waals surface area contributed by atoms with E-state index in [-0.39, 0.29) is 24.2 Å². The van der Waals surface area contributed by atoms with Crippen LogP contribution in [0.2, 0.25) is 0 Å². The molecule has 2 heterocycles. The maximum Gasteiger partial charge on any atom is 0.338 e. The lowest BCUT2D eigenvalue weighted by Crippen LogP contribution is -2.27. The van der Waals surface area contributed by atoms with Crippen molar-refractivity contribution in [3.63, 3.8) is 0 Å². The van der Waals surface area contributed by atoms with Crippen molar-refractivity contribution in [2.24, 2.45) is 5.41 Å². The molecule has 0 radical (unpaired) electrons. The molecule has 6 nitrogen and oxygen atoms in total. The molecule has 0 saturated heterocycles. The quantitative estimate of drug-likeness (QED) is 0.220. The summed E-state index contributed by atoms with van der Waals surface area (Å²) in [5.74, 6) is -0.968. The van der Waals surface area contributed by atoms with Gasteiger partial charge < -0.3 is 9.30 Å². The van der Waals surface area contributed by atoms with E-state index in [9.17, 15) is 9.59 Å². The largest absolute Gasteiger partial charge is 0.462 e. The summed E-state index contributed by atoms with van der Waals surface area (Å²) >= 11 is 0. The maximum absolute atomic E-state index is 15.4. The van der Waals surface area contributed by atoms with Crippen molar-refractivity contribution in [2.75, 3.05) is 6.61 Å². The van der Waals surface area contributed by atoms with E-state index < -0.39 is 11.4 Å². The SMILES string of the molecule is CCOC(=O)c1ccccc1-c1c(C(C)C)n(-c2ccccc2F)c2cc3cnn(C(=O)C(C)(C)C)c3cc12. The van der Waals surface area contributed by atoms with Crippen LogP contribution in [-0.2, 0) is 4.74 Å². The minimum absolute atomic E-state index is 0.0434. The topological polar surface area (TPSA) is 66.1 Å². The van der Waals surface area contributed by atoms with Gasteiger partial charge in [-0.25, -0.2) is 9.18 Å². The molecule has 0 spiro atoms. The monoisotopic (exact) mass is 525 g/mol. The summed E-state index contributed by atoms with van der Waals surface area (Å²) in [6, 6.07) is 17.8. The van der Waals surface area contributed by atoms with Crippen molar-refractivity contribution >= 4 is 33.7 Å². The summed E-state index contributed by atoms with van der Waals surface area (Å²) < 4.78 is 24.1. The fourth-order valence-electron chi connectivity index (χ4n) is 5.12. The zero-order valence-corrected chi connectivity index (χ0v) is 23.1. The van der Waals surface area contributed by atoms with E-state index in [0.717, 1.165) is 27.5 Å². The van der Waals surface area contributed by atoms with Crippen LogP contribution in [0.4, 0.5) is 4.39 Å². The van der Waals surface area contributed by atoms with Gasteiger partial charge in [0.15, 0.2) is 0 Å². The highest BCUT2D eigenvalue weighted by molar-refractivity contribution is 6.10. The number of esters is 1. The molecule has 2 aromatic heterocycles. The lowest BCUT2D eigenvalue weighted by molar-refractivity contribution is 0.0527. The van der Waals surface area contributed by atoms with Crippen LogP contribution in [0.5, 0.6) is 0 Å². The molecule has 5 rings (SSSR count). The van der Waals surface area contributed by atoms with Gasteiger partial charge in [-0.15, -0.1) is 0 Å². The minimum Gasteiger partial charge on any atom is -0.462 e. The molecule has 7 heteroatoms. The zero-order chi connectivity index (χ0) is 28.1. The van der Waals surface area contributed by atoms with Crippen molar-refractivity contribution in [1.82, 2.24) is 14.3 Å². The number of nitrogens with zero attached hydrogens (tertiary/aromatic N) is 3. The van der Waals surface area contributed by atoms with Crippen LogP contribution >= 0.6 is 0 Å². The Balaban J connectivity index is 1.96. The van der Waals surface area contributed by atoms with E-state index in [1.165, 1.54) is 10.7 Å². The van der Waals surface area contributed by atoms with Crippen molar-refractivity contribution in [2.45, 2.75) is 47.5 Å². The van der Waals surface area contributed by atoms with Gasteiger partial charge in [0.2, 0.25) is 0 Å². The minimum atomic E-state index is -0.643. The zero-order valence-electron chi connectivity index (χ0n) is 23.1. The molecule has 0 amide bonds. The molecule has 0 aliphatic carbocycles. The average Bonchev–Trinajstić information content (AvgIpc) is 3.45. The summed E-state index contributed by atoms with van der Waals surface area (Å²) in [6.07, 6.45) is 1.67. The van der Waals surface area contributed by atoms with E-state index in [0.29, 0.717) is 22.3 Å². The molecule has 0 saturated carbocycles. The van der Waals surface area contributed by atoms with E-state index in [4.69, 9.17) is 4.74 Å². The summed E-state index contributed by atoms with van der Waals surface area (Å²) in [5.41, 5.74) is 3.93. The fraction of sp³-hybridized carbons (Fsp3) is 0.281. The highest BCUT2D eigenvalue weighted by Crippen LogP contribution is 2.43. The number of benzene rings is 3. The number of carbonyl (C=O) groups excluding carboxylic acids is 2. The van der Waals surface area contributed by atoms with Gasteiger partial charge in [-0.3, -0.25) is 4.79 Å². The van der Waals surface area contributed by atoms with Gasteiger partial charge in [0.05, 0.1) is 35.1 Å². The highest BCUT2D eigenvalue weighted by Gasteiger charge is 2.29. The number of aromatic nitrogens is 3. The van der Waals surface area contributed by atoms with Crippen molar-refractivity contribution in [3.05, 3.63) is 83.9 Å². The van der Waals surface area contributed by atoms with Crippen LogP contribution in [0.3, 0.4) is 0 Å². The Morgan fingerprint density at radius 3 is 2.36 bits per heavy atom. The summed E-state index contributed by atoms with van der Waals surface area (Å²) in [6.45, 7) is 11.7. The molecule has 0 aliphatic rings. The van der Waals surface area contributed by atoms with Crippen LogP contribution in [0.25, 0.3) is 38.6 Å². The third-order valence-corrected chi connectivity index (χ3v) is 6.86. The number of hydrogen-bond donors (Lipinski definition) is 0. The Bertz CT molecular complexity index is 1740. The molecule has 200 valence electrons. The average molecular weight is 526 g/mol. The predicted molar refractivity (Wildman–Crippen MR) is 152 cm³/mol. The molecule has 0 bridgehead atoms. The van der Waals surface area contributed by atoms with Gasteiger partial charge >= 0.3 is 5.97 Å². The third kappa shape index (κ3) is 4.42. The first-order valence-electron chi connectivity index (χ1n) is 13.2. The number of carbonyl (C=O) groups is 2. The molecule has 3 aromatic carbocycles. The van der Waals surface area contributed by atoms with Crippen LogP contribution < -0.4 is 0 Å². The van der Waals surface area contributed by atoms with Crippen molar-refractivity contribution in [1.29, 1.82) is 0 Å². The standard InChI is InChI=1S/C32H32FN3O3/c1-7-39-30(37)22-13-9-8-12-21(22)28-23-17-26-20(18-34-36(26)31(38)32(4,5)6)16-27(23)35(29(28)19(2)3)25-15-11-10-14-24(25)33/h8-19H,7H2,1-6H3. The molecule has 0 N–H and O–H groups in total. The Hall–Kier alpha value is -4.26. The fourth-order valence-corrected chi connectivity index (χ4v) is 5.12. The van der Waals surface area contributed by atoms with Gasteiger partial charge in [0, 0.05) is 27.4 Å². The molecule has 0 atom stereocenters. The van der Waals surface area contributed by atoms with Crippen LogP contribution in [0, 0.1) is 11.2 Å². The Morgan fingerprint density at radius 2 is 1.69 bits per heavy atom. The summed E-state index contributed by atoms with van der Waals surface area (Å²) in [4.78, 5) is 26.3. The first-order chi connectivity index (χ1) is 18.5. The van der Waals surface area contributed by atoms with Crippen molar-refractivity contribution < 1.29 is 18.7 Å². The Labute approximate surface area is 227 Å². The summed E-state index contributed by atoms with van der Waals surface area (Å²) in [5, 5.41) is 5.97. The predicted octanol–water partition coefficient (Wildman–Crippen LogP) is 7.77. The molecule has 0 fully saturated rings. The van der Waals surface area contributed by atoms with E-state index in [1.54, 1.807) is 43.5 Å². The van der Waals surface area contributed by atoms with Gasteiger partial charge in [0.1, 0.15) is 5.82 Å². The second-order valence-corrected chi connectivity index (χ2v) is 11.0. The number of rotatable bonds is 5. The highest BCUT2D eigenvalue weighted by atomic mass is 19.1. The van der Waals surface area contributed by atoms with Crippen LogP contribution in [0.1, 0.15) is 68.3 Å². The van der Waals surface area contributed by atoms with Gasteiger partial charge in [-0.1, -0.05) is 65.0 Å². The van der Waals surface area contributed by atoms with Gasteiger partial charge in [0.25, 0.3) is 5.91 Å². The molecule has 0 unspecified atom stereocenters. The summed E-state index contributed by atoms with van der Waals surface area (Å²) in [7, 11) is 0. The van der Waals surface area contributed by atoms with Crippen molar-refractivity contribution in [3.8, 4) is 16.8 Å². The lowest BCUT2D eigenvalue weighted by Gasteiger charge is -2.17. The maximum atomic E-state index is 15.4. The van der Waals surface area contributed by atoms with E-state index in [1.807, 2.05) is 63.5 Å². The molecular weight excluding hydrogens is 493 g/mol. The van der Waals surface area contributed by atoms with E-state index >= 15 is 4.39 Å². The number of fused-ring (bicyclic) bond motifs is 2. The third-order valence-electron chi connectivity index (χ3n) is 6.86. The lowest BCUT2D eigenvalue weighted by atomic mass is 9.93. The number of para-hydroxylation sites is 1. The number of hydrogen-bond acceptors (Lipinski definition) is 4. The van der Waals surface area contributed by atoms with Crippen LogP contribution in [-0.4, -0.2) is 32.8 Å². The first-order valence-corrected chi connectivity index (χ1v) is 13.2. The normalized spacial score (nSPS) is 12.0. The molecule has 39 heavy (non-hydrogen) atoms. The van der Waals surface area contributed by atoms with E-state index in [2.05, 4.69) is 5.10 Å². The Kier molecular flexibility index (Phi) is 6.62. The molecule has 5 aromatic rings. The molecular formula is C32H32FN3O3. The number of halogens is 1. The number of ether oxygens (including phenoxy) is 1. The smallest absolute Gasteiger partial charge is 0.338 e.